The van der Waals surface area contributed by atoms with Gasteiger partial charge < -0.3 is 19.7 Å². The van der Waals surface area contributed by atoms with E-state index in [4.69, 9.17) is 32.7 Å². The minimum absolute atomic E-state index is 0.0207. The van der Waals surface area contributed by atoms with Crippen LogP contribution in [0.4, 0.5) is 0 Å². The maximum absolute atomic E-state index is 13.9. The van der Waals surface area contributed by atoms with E-state index in [-0.39, 0.29) is 33.5 Å². The molecule has 0 bridgehead atoms. The molecule has 0 aliphatic heterocycles. The van der Waals surface area contributed by atoms with E-state index in [2.05, 4.69) is 9.69 Å². The van der Waals surface area contributed by atoms with Gasteiger partial charge in [-0.3, -0.25) is 9.59 Å². The Hall–Kier alpha value is -2.81. The summed E-state index contributed by atoms with van der Waals surface area (Å²) in [6.45, 7) is 0.142. The summed E-state index contributed by atoms with van der Waals surface area (Å²) in [4.78, 5) is 29.2. The minimum atomic E-state index is -0.928. The van der Waals surface area contributed by atoms with Crippen LogP contribution in [0, 0.1) is 0 Å². The molecule has 36 heavy (non-hydrogen) atoms. The molecule has 2 amide bonds. The second-order valence-corrected chi connectivity index (χ2v) is 10.3. The predicted molar refractivity (Wildman–Crippen MR) is 141 cm³/mol. The first-order valence-corrected chi connectivity index (χ1v) is 13.1. The minimum Gasteiger partial charge on any atom is -0.497 e. The highest BCUT2D eigenvalue weighted by atomic mass is 35.5. The van der Waals surface area contributed by atoms with Crippen molar-refractivity contribution in [2.24, 2.45) is 0 Å². The lowest BCUT2D eigenvalue weighted by Crippen LogP contribution is -2.46. The zero-order chi connectivity index (χ0) is 25.7. The van der Waals surface area contributed by atoms with Crippen LogP contribution in [-0.2, 0) is 11.3 Å². The summed E-state index contributed by atoms with van der Waals surface area (Å²) >= 11 is 13.4. The van der Waals surface area contributed by atoms with Crippen LogP contribution in [0.2, 0.25) is 9.36 Å². The zero-order valence-electron chi connectivity index (χ0n) is 20.0. The maximum atomic E-state index is 13.9. The van der Waals surface area contributed by atoms with E-state index in [0.29, 0.717) is 17.1 Å². The fourth-order valence-corrected chi connectivity index (χ4v) is 5.33. The fraction of sp³-hybridized carbons (Fsp3) is 0.346. The van der Waals surface area contributed by atoms with Crippen LogP contribution in [0.3, 0.4) is 0 Å². The lowest BCUT2D eigenvalue weighted by atomic mass is 10.0. The molecule has 1 heterocycles. The van der Waals surface area contributed by atoms with Crippen molar-refractivity contribution in [1.82, 2.24) is 14.6 Å². The molecule has 190 valence electrons. The fourth-order valence-electron chi connectivity index (χ4n) is 4.35. The van der Waals surface area contributed by atoms with Gasteiger partial charge in [-0.25, -0.2) is 0 Å². The largest absolute Gasteiger partial charge is 0.497 e. The van der Waals surface area contributed by atoms with Crippen LogP contribution < -0.4 is 14.8 Å². The number of rotatable bonds is 9. The Kier molecular flexibility index (Phi) is 8.72. The number of benzene rings is 2. The number of carbonyl (C=O) groups excluding carboxylic acids is 2. The van der Waals surface area contributed by atoms with Crippen molar-refractivity contribution in [3.63, 3.8) is 0 Å². The molecule has 1 saturated carbocycles. The second kappa shape index (κ2) is 12.0. The highest BCUT2D eigenvalue weighted by Gasteiger charge is 2.36. The number of hydrogen-bond donors (Lipinski definition) is 1. The summed E-state index contributed by atoms with van der Waals surface area (Å²) in [5.74, 6) is 0.598. The maximum Gasteiger partial charge on any atom is 0.276 e. The summed E-state index contributed by atoms with van der Waals surface area (Å²) in [6.07, 6.45) is 3.97. The van der Waals surface area contributed by atoms with Crippen molar-refractivity contribution in [2.75, 3.05) is 14.2 Å². The third-order valence-electron chi connectivity index (χ3n) is 6.27. The SMILES string of the molecule is COc1ccc(CN(C(=O)c2nsc(Cl)c2Cl)[C@H](C(=O)NC2CCCC2)c2ccc(OC)cc2)cc1. The van der Waals surface area contributed by atoms with Crippen molar-refractivity contribution in [2.45, 2.75) is 44.3 Å². The molecule has 1 fully saturated rings. The number of amides is 2. The molecular weight excluding hydrogens is 521 g/mol. The molecule has 4 rings (SSSR count). The summed E-state index contributed by atoms with van der Waals surface area (Å²) in [5.41, 5.74) is 1.48. The molecule has 1 aliphatic rings. The molecule has 2 aromatic carbocycles. The van der Waals surface area contributed by atoms with E-state index >= 15 is 0 Å². The second-order valence-electron chi connectivity index (χ2n) is 8.57. The lowest BCUT2D eigenvalue weighted by molar-refractivity contribution is -0.126. The van der Waals surface area contributed by atoms with Crippen molar-refractivity contribution in [3.05, 3.63) is 74.7 Å². The predicted octanol–water partition coefficient (Wildman–Crippen LogP) is 5.91. The molecule has 0 saturated heterocycles. The average molecular weight is 548 g/mol. The van der Waals surface area contributed by atoms with Crippen LogP contribution in [0.1, 0.15) is 53.3 Å². The van der Waals surface area contributed by atoms with Gasteiger partial charge in [0.1, 0.15) is 26.9 Å². The van der Waals surface area contributed by atoms with Gasteiger partial charge in [-0.05, 0) is 59.8 Å². The van der Waals surface area contributed by atoms with Crippen molar-refractivity contribution >= 4 is 46.5 Å². The molecule has 3 aromatic rings. The monoisotopic (exact) mass is 547 g/mol. The molecule has 0 radical (unpaired) electrons. The van der Waals surface area contributed by atoms with Gasteiger partial charge in [-0.1, -0.05) is 60.3 Å². The van der Waals surface area contributed by atoms with E-state index in [9.17, 15) is 9.59 Å². The summed E-state index contributed by atoms with van der Waals surface area (Å²) in [5, 5.41) is 3.24. The van der Waals surface area contributed by atoms with Gasteiger partial charge in [0, 0.05) is 12.6 Å². The van der Waals surface area contributed by atoms with Gasteiger partial charge in [0.05, 0.1) is 14.2 Å². The highest BCUT2D eigenvalue weighted by molar-refractivity contribution is 7.11. The van der Waals surface area contributed by atoms with E-state index < -0.39 is 11.9 Å². The van der Waals surface area contributed by atoms with Crippen LogP contribution in [0.25, 0.3) is 0 Å². The Morgan fingerprint density at radius 3 is 2.14 bits per heavy atom. The molecule has 0 spiro atoms. The highest BCUT2D eigenvalue weighted by Crippen LogP contribution is 2.34. The van der Waals surface area contributed by atoms with Gasteiger partial charge in [0.15, 0.2) is 5.69 Å². The smallest absolute Gasteiger partial charge is 0.276 e. The number of ether oxygens (including phenoxy) is 2. The number of nitrogens with zero attached hydrogens (tertiary/aromatic N) is 2. The number of nitrogens with one attached hydrogen (secondary N) is 1. The number of aromatic nitrogens is 1. The van der Waals surface area contributed by atoms with E-state index in [0.717, 1.165) is 42.8 Å². The topological polar surface area (TPSA) is 80.8 Å². The molecule has 10 heteroatoms. The van der Waals surface area contributed by atoms with Gasteiger partial charge in [0.25, 0.3) is 5.91 Å². The molecule has 1 aliphatic carbocycles. The number of carbonyl (C=O) groups is 2. The van der Waals surface area contributed by atoms with Crippen LogP contribution >= 0.6 is 34.7 Å². The molecule has 1 N–H and O–H groups in total. The molecular formula is C26H27Cl2N3O4S. The van der Waals surface area contributed by atoms with Crippen LogP contribution in [-0.4, -0.2) is 41.3 Å². The van der Waals surface area contributed by atoms with Gasteiger partial charge >= 0.3 is 0 Å². The summed E-state index contributed by atoms with van der Waals surface area (Å²) in [7, 11) is 3.17. The first-order valence-electron chi connectivity index (χ1n) is 11.6. The average Bonchev–Trinajstić information content (AvgIpc) is 3.53. The first-order chi connectivity index (χ1) is 17.4. The normalized spacial score (nSPS) is 14.3. The standard InChI is InChI=1S/C26H27Cl2N3O4S/c1-34-19-11-7-16(8-12-19)15-31(26(33)22-21(27)24(28)36-30-22)23(17-9-13-20(35-2)14-10-17)25(32)29-18-5-3-4-6-18/h7-14,18,23H,3-6,15H2,1-2H3,(H,29,32)/t23-/m0/s1. The third-order valence-corrected chi connectivity index (χ3v) is 7.88. The van der Waals surface area contributed by atoms with Gasteiger partial charge in [-0.2, -0.15) is 4.37 Å². The molecule has 1 atom stereocenters. The molecule has 0 unspecified atom stereocenters. The van der Waals surface area contributed by atoms with E-state index in [1.807, 2.05) is 24.3 Å². The van der Waals surface area contributed by atoms with Crippen molar-refractivity contribution < 1.29 is 19.1 Å². The Morgan fingerprint density at radius 1 is 1.03 bits per heavy atom. The Balaban J connectivity index is 1.76. The lowest BCUT2D eigenvalue weighted by Gasteiger charge is -2.32. The first kappa shape index (κ1) is 26.3. The van der Waals surface area contributed by atoms with E-state index in [1.54, 1.807) is 38.5 Å². The third kappa shape index (κ3) is 5.94. The zero-order valence-corrected chi connectivity index (χ0v) is 22.3. The Bertz CT molecular complexity index is 1190. The van der Waals surface area contributed by atoms with Crippen molar-refractivity contribution in [3.8, 4) is 11.5 Å². The Morgan fingerprint density at radius 2 is 1.61 bits per heavy atom. The van der Waals surface area contributed by atoms with Crippen LogP contribution in [0.15, 0.2) is 48.5 Å². The van der Waals surface area contributed by atoms with E-state index in [1.165, 1.54) is 4.90 Å². The van der Waals surface area contributed by atoms with Crippen molar-refractivity contribution in [1.29, 1.82) is 0 Å². The summed E-state index contributed by atoms with van der Waals surface area (Å²) < 4.78 is 15.0. The molecule has 1 aromatic heterocycles. The summed E-state index contributed by atoms with van der Waals surface area (Å²) in [6, 6.07) is 13.6. The number of methoxy groups -OCH3 is 2. The van der Waals surface area contributed by atoms with Crippen LogP contribution in [0.5, 0.6) is 11.5 Å². The number of halogens is 2. The van der Waals surface area contributed by atoms with Gasteiger partial charge in [0.2, 0.25) is 5.91 Å². The number of hydrogen-bond acceptors (Lipinski definition) is 6. The quantitative estimate of drug-likeness (QED) is 0.360. The van der Waals surface area contributed by atoms with Gasteiger partial charge in [-0.15, -0.1) is 0 Å². The Labute approximate surface area is 224 Å². The molecule has 7 nitrogen and oxygen atoms in total.